The lowest BCUT2D eigenvalue weighted by Gasteiger charge is -1.95. The van der Waals surface area contributed by atoms with Gasteiger partial charge in [0.25, 0.3) is 0 Å². The Morgan fingerprint density at radius 1 is 1.21 bits per heavy atom. The van der Waals surface area contributed by atoms with Gasteiger partial charge in [-0.15, -0.1) is 0 Å². The highest BCUT2D eigenvalue weighted by molar-refractivity contribution is 6.33. The topological polar surface area (TPSA) is 0 Å². The molecule has 0 aliphatic rings. The highest BCUT2D eigenvalue weighted by atomic mass is 13.9. The summed E-state index contributed by atoms with van der Waals surface area (Å²) < 4.78 is 0. The maximum Gasteiger partial charge on any atom is 0.106 e. The molecular formula is C13H22B. The van der Waals surface area contributed by atoms with Gasteiger partial charge in [-0.2, -0.15) is 0 Å². The Kier molecular flexibility index (Phi) is 9.84. The van der Waals surface area contributed by atoms with Crippen LogP contribution in [0, 0.1) is 0 Å². The molecule has 0 saturated carbocycles. The van der Waals surface area contributed by atoms with Crippen molar-refractivity contribution in [2.24, 2.45) is 0 Å². The normalized spacial score (nSPS) is 11.3. The zero-order chi connectivity index (χ0) is 10.6. The van der Waals surface area contributed by atoms with Gasteiger partial charge in [0.2, 0.25) is 0 Å². The maximum atomic E-state index is 4.02. The fourth-order valence-electron chi connectivity index (χ4n) is 1.15. The minimum Gasteiger partial charge on any atom is -0.0958 e. The quantitative estimate of drug-likeness (QED) is 0.229. The van der Waals surface area contributed by atoms with Crippen molar-refractivity contribution in [2.75, 3.05) is 0 Å². The molecule has 0 rings (SSSR count). The van der Waals surface area contributed by atoms with Crippen molar-refractivity contribution in [1.29, 1.82) is 0 Å². The first-order chi connectivity index (χ1) is 6.81. The molecule has 0 spiro atoms. The Hall–Kier alpha value is -0.715. The van der Waals surface area contributed by atoms with Crippen molar-refractivity contribution >= 4 is 7.28 Å². The second-order valence-corrected chi connectivity index (χ2v) is 3.46. The molecule has 0 aromatic rings. The molecule has 77 valence electrons. The predicted molar refractivity (Wildman–Crippen MR) is 68.0 cm³/mol. The minimum atomic E-state index is 1.09. The number of allylic oxidation sites excluding steroid dienone is 5. The van der Waals surface area contributed by atoms with E-state index < -0.39 is 0 Å². The van der Waals surface area contributed by atoms with Gasteiger partial charge in [-0.05, 0) is 25.7 Å². The maximum absolute atomic E-state index is 4.02. The molecule has 0 aromatic carbocycles. The second kappa shape index (κ2) is 10.4. The fourth-order valence-corrected chi connectivity index (χ4v) is 1.15. The van der Waals surface area contributed by atoms with E-state index in [1.54, 1.807) is 0 Å². The molecule has 1 radical (unpaired) electrons. The molecule has 0 nitrogen and oxygen atoms in total. The Bertz CT molecular complexity index is 189. The zero-order valence-corrected chi connectivity index (χ0v) is 9.63. The molecule has 0 N–H and O–H groups in total. The second-order valence-electron chi connectivity index (χ2n) is 3.46. The average molecular weight is 189 g/mol. The van der Waals surface area contributed by atoms with E-state index in [0.29, 0.717) is 0 Å². The van der Waals surface area contributed by atoms with Gasteiger partial charge in [-0.3, -0.25) is 0 Å². The van der Waals surface area contributed by atoms with Crippen LogP contribution >= 0.6 is 0 Å². The third-order valence-electron chi connectivity index (χ3n) is 2.01. The van der Waals surface area contributed by atoms with Crippen LogP contribution in [0.3, 0.4) is 0 Å². The van der Waals surface area contributed by atoms with Crippen molar-refractivity contribution < 1.29 is 0 Å². The molecular weight excluding hydrogens is 167 g/mol. The van der Waals surface area contributed by atoms with E-state index >= 15 is 0 Å². The van der Waals surface area contributed by atoms with E-state index in [2.05, 4.69) is 51.9 Å². The number of hydrogen-bond donors (Lipinski definition) is 0. The van der Waals surface area contributed by atoms with E-state index in [1.165, 1.54) is 11.9 Å². The van der Waals surface area contributed by atoms with Crippen LogP contribution in [0.4, 0.5) is 0 Å². The third kappa shape index (κ3) is 9.37. The molecule has 0 fully saturated rings. The predicted octanol–water partition coefficient (Wildman–Crippen LogP) is 4.41. The van der Waals surface area contributed by atoms with Crippen LogP contribution in [0.1, 0.15) is 32.6 Å². The first kappa shape index (κ1) is 13.3. The third-order valence-corrected chi connectivity index (χ3v) is 2.01. The highest BCUT2D eigenvalue weighted by Gasteiger charge is 1.86. The molecule has 0 aliphatic carbocycles. The summed E-state index contributed by atoms with van der Waals surface area (Å²) in [5.74, 6) is 0. The standard InChI is InChI=1S/C13H22B/c1-4-5-6-7-10-13(2)11-8-9-12-14-3/h5-6,8,11H,2,4,7,9-10,12H2,1,3H3/b6-5-,11-8-. The number of hydrogen-bond acceptors (Lipinski definition) is 0. The van der Waals surface area contributed by atoms with Crippen LogP contribution in [0.5, 0.6) is 0 Å². The van der Waals surface area contributed by atoms with Crippen LogP contribution in [0.25, 0.3) is 0 Å². The Morgan fingerprint density at radius 2 is 2.00 bits per heavy atom. The van der Waals surface area contributed by atoms with Crippen LogP contribution in [0.15, 0.2) is 36.5 Å². The first-order valence-corrected chi connectivity index (χ1v) is 5.58. The summed E-state index contributed by atoms with van der Waals surface area (Å²) >= 11 is 0. The van der Waals surface area contributed by atoms with Gasteiger partial charge in [-0.1, -0.05) is 56.5 Å². The molecule has 0 aliphatic heterocycles. The molecule has 0 saturated heterocycles. The van der Waals surface area contributed by atoms with E-state index in [0.717, 1.165) is 25.7 Å². The molecule has 0 bridgehead atoms. The monoisotopic (exact) mass is 189 g/mol. The zero-order valence-electron chi connectivity index (χ0n) is 9.63. The SMILES string of the molecule is C=C(/C=C\CC[B]C)CC/C=C\CC. The van der Waals surface area contributed by atoms with E-state index in [9.17, 15) is 0 Å². The van der Waals surface area contributed by atoms with Gasteiger partial charge in [0.1, 0.15) is 7.28 Å². The largest absolute Gasteiger partial charge is 0.106 e. The summed E-state index contributed by atoms with van der Waals surface area (Å²) in [6.45, 7) is 8.27. The van der Waals surface area contributed by atoms with Crippen LogP contribution < -0.4 is 0 Å². The average Bonchev–Trinajstić information content (AvgIpc) is 2.19. The Labute approximate surface area is 90.0 Å². The van der Waals surface area contributed by atoms with E-state index in [1.807, 2.05) is 0 Å². The summed E-state index contributed by atoms with van der Waals surface area (Å²) in [5.41, 5.74) is 1.24. The summed E-state index contributed by atoms with van der Waals surface area (Å²) in [6.07, 6.45) is 14.5. The van der Waals surface area contributed by atoms with Crippen LogP contribution in [-0.4, -0.2) is 7.28 Å². The summed E-state index contributed by atoms with van der Waals surface area (Å²) in [5, 5.41) is 0. The molecule has 1 heteroatoms. The van der Waals surface area contributed by atoms with Crippen molar-refractivity contribution in [2.45, 2.75) is 45.8 Å². The Balaban J connectivity index is 3.45. The van der Waals surface area contributed by atoms with Gasteiger partial charge in [0, 0.05) is 0 Å². The Morgan fingerprint density at radius 3 is 2.64 bits per heavy atom. The van der Waals surface area contributed by atoms with Crippen LogP contribution in [-0.2, 0) is 0 Å². The van der Waals surface area contributed by atoms with Crippen molar-refractivity contribution in [3.8, 4) is 0 Å². The lowest BCUT2D eigenvalue weighted by atomic mass is 9.77. The summed E-state index contributed by atoms with van der Waals surface area (Å²) in [6, 6.07) is 0. The first-order valence-electron chi connectivity index (χ1n) is 5.58. The summed E-state index contributed by atoms with van der Waals surface area (Å²) in [4.78, 5) is 0. The molecule has 0 aromatic heterocycles. The van der Waals surface area contributed by atoms with Gasteiger partial charge in [-0.25, -0.2) is 0 Å². The van der Waals surface area contributed by atoms with Crippen LogP contribution in [0.2, 0.25) is 13.1 Å². The van der Waals surface area contributed by atoms with Gasteiger partial charge >= 0.3 is 0 Å². The van der Waals surface area contributed by atoms with Gasteiger partial charge < -0.3 is 0 Å². The molecule has 0 amide bonds. The van der Waals surface area contributed by atoms with Crippen molar-refractivity contribution in [1.82, 2.24) is 0 Å². The van der Waals surface area contributed by atoms with Gasteiger partial charge in [0.05, 0.1) is 0 Å². The van der Waals surface area contributed by atoms with Crippen molar-refractivity contribution in [3.05, 3.63) is 36.5 Å². The fraction of sp³-hybridized carbons (Fsp3) is 0.538. The highest BCUT2D eigenvalue weighted by Crippen LogP contribution is 2.06. The number of rotatable bonds is 8. The summed E-state index contributed by atoms with van der Waals surface area (Å²) in [7, 11) is 2.19. The molecule has 14 heavy (non-hydrogen) atoms. The lowest BCUT2D eigenvalue weighted by molar-refractivity contribution is 0.999. The lowest BCUT2D eigenvalue weighted by Crippen LogP contribution is -1.78. The van der Waals surface area contributed by atoms with E-state index in [4.69, 9.17) is 0 Å². The molecule has 0 atom stereocenters. The smallest absolute Gasteiger partial charge is 0.0958 e. The molecule has 0 unspecified atom stereocenters. The minimum absolute atomic E-state index is 1.09. The van der Waals surface area contributed by atoms with Gasteiger partial charge in [0.15, 0.2) is 0 Å². The molecule has 0 heterocycles. The van der Waals surface area contributed by atoms with E-state index in [-0.39, 0.29) is 0 Å². The van der Waals surface area contributed by atoms with Crippen molar-refractivity contribution in [3.63, 3.8) is 0 Å².